The van der Waals surface area contributed by atoms with E-state index in [2.05, 4.69) is 17.1 Å². The predicted molar refractivity (Wildman–Crippen MR) is 79.1 cm³/mol. The van der Waals surface area contributed by atoms with Gasteiger partial charge in [0.05, 0.1) is 0 Å². The Morgan fingerprint density at radius 1 is 1.05 bits per heavy atom. The van der Waals surface area contributed by atoms with Crippen LogP contribution in [-0.4, -0.2) is 37.1 Å². The van der Waals surface area contributed by atoms with Crippen molar-refractivity contribution in [2.45, 2.75) is 57.9 Å². The van der Waals surface area contributed by atoms with Crippen LogP contribution in [0.15, 0.2) is 0 Å². The maximum atomic E-state index is 3.96. The molecule has 1 heterocycles. The van der Waals surface area contributed by atoms with Crippen LogP contribution in [0.1, 0.15) is 51.9 Å². The van der Waals surface area contributed by atoms with E-state index >= 15 is 0 Å². The third kappa shape index (κ3) is 2.15. The average molecular weight is 262 g/mol. The number of nitrogens with zero attached hydrogens (tertiary/aromatic N) is 1. The van der Waals surface area contributed by atoms with E-state index in [-0.39, 0.29) is 0 Å². The van der Waals surface area contributed by atoms with Gasteiger partial charge in [0.2, 0.25) is 0 Å². The molecule has 0 aromatic rings. The molecule has 19 heavy (non-hydrogen) atoms. The van der Waals surface area contributed by atoms with Crippen molar-refractivity contribution in [3.63, 3.8) is 0 Å². The highest BCUT2D eigenvalue weighted by Gasteiger charge is 2.54. The summed E-state index contributed by atoms with van der Waals surface area (Å²) < 4.78 is 0. The maximum Gasteiger partial charge on any atom is 0.0251 e. The molecule has 5 rings (SSSR count). The van der Waals surface area contributed by atoms with E-state index in [1.807, 2.05) is 0 Å². The second-order valence-electron chi connectivity index (χ2n) is 8.03. The number of hydrogen-bond acceptors (Lipinski definition) is 2. The summed E-state index contributed by atoms with van der Waals surface area (Å²) in [5.41, 5.74) is 0.687. The SMILES string of the molecule is CCN1CCCNC(C23CC4CC(CC(C4)C2)C3)C1. The Morgan fingerprint density at radius 3 is 2.26 bits per heavy atom. The third-order valence-corrected chi connectivity index (χ3v) is 6.75. The molecule has 2 heteroatoms. The monoisotopic (exact) mass is 262 g/mol. The molecule has 0 aromatic heterocycles. The molecule has 0 radical (unpaired) electrons. The number of nitrogens with one attached hydrogen (secondary N) is 1. The van der Waals surface area contributed by atoms with Crippen LogP contribution in [-0.2, 0) is 0 Å². The molecule has 0 aromatic carbocycles. The molecule has 4 saturated carbocycles. The average Bonchev–Trinajstić information content (AvgIpc) is 2.62. The molecule has 5 fully saturated rings. The minimum absolute atomic E-state index is 0.687. The number of likely N-dealkylation sites (N-methyl/N-ethyl adjacent to an activating group) is 1. The Kier molecular flexibility index (Phi) is 3.15. The molecule has 108 valence electrons. The van der Waals surface area contributed by atoms with Gasteiger partial charge in [0.15, 0.2) is 0 Å². The van der Waals surface area contributed by atoms with E-state index in [9.17, 15) is 0 Å². The van der Waals surface area contributed by atoms with Gasteiger partial charge in [0.1, 0.15) is 0 Å². The quantitative estimate of drug-likeness (QED) is 0.823. The summed E-state index contributed by atoms with van der Waals surface area (Å²) >= 11 is 0. The molecule has 0 spiro atoms. The van der Waals surface area contributed by atoms with Crippen molar-refractivity contribution in [1.82, 2.24) is 10.2 Å². The normalized spacial score (nSPS) is 50.4. The van der Waals surface area contributed by atoms with Gasteiger partial charge in [0, 0.05) is 12.6 Å². The lowest BCUT2D eigenvalue weighted by atomic mass is 9.47. The fraction of sp³-hybridized carbons (Fsp3) is 1.00. The second kappa shape index (κ2) is 4.73. The van der Waals surface area contributed by atoms with E-state index in [0.717, 1.165) is 23.8 Å². The number of rotatable bonds is 2. The van der Waals surface area contributed by atoms with Crippen molar-refractivity contribution in [2.24, 2.45) is 23.2 Å². The summed E-state index contributed by atoms with van der Waals surface area (Å²) in [5, 5.41) is 3.96. The molecule has 4 bridgehead atoms. The molecule has 1 N–H and O–H groups in total. The lowest BCUT2D eigenvalue weighted by Gasteiger charge is -2.59. The lowest BCUT2D eigenvalue weighted by molar-refractivity contribution is -0.0764. The van der Waals surface area contributed by atoms with Gasteiger partial charge < -0.3 is 10.2 Å². The molecule has 2 nitrogen and oxygen atoms in total. The van der Waals surface area contributed by atoms with Crippen LogP contribution in [0, 0.1) is 23.2 Å². The lowest BCUT2D eigenvalue weighted by Crippen LogP contribution is -2.58. The van der Waals surface area contributed by atoms with Gasteiger partial charge in [-0.1, -0.05) is 6.92 Å². The van der Waals surface area contributed by atoms with Gasteiger partial charge in [-0.2, -0.15) is 0 Å². The zero-order valence-electron chi connectivity index (χ0n) is 12.5. The summed E-state index contributed by atoms with van der Waals surface area (Å²) in [6.45, 7) is 7.46. The molecular formula is C17H30N2. The van der Waals surface area contributed by atoms with E-state index in [4.69, 9.17) is 0 Å². The van der Waals surface area contributed by atoms with E-state index in [1.54, 1.807) is 38.5 Å². The fourth-order valence-electron chi connectivity index (χ4n) is 6.29. The maximum absolute atomic E-state index is 3.96. The number of hydrogen-bond donors (Lipinski definition) is 1. The topological polar surface area (TPSA) is 15.3 Å². The summed E-state index contributed by atoms with van der Waals surface area (Å²) in [5.74, 6) is 3.27. The van der Waals surface area contributed by atoms with Crippen molar-refractivity contribution >= 4 is 0 Å². The van der Waals surface area contributed by atoms with E-state index < -0.39 is 0 Å². The van der Waals surface area contributed by atoms with Crippen molar-refractivity contribution in [1.29, 1.82) is 0 Å². The Morgan fingerprint density at radius 2 is 1.68 bits per heavy atom. The summed E-state index contributed by atoms with van der Waals surface area (Å²) in [6.07, 6.45) is 10.7. The zero-order valence-corrected chi connectivity index (χ0v) is 12.5. The Balaban J connectivity index is 1.56. The molecule has 0 amide bonds. The van der Waals surface area contributed by atoms with Crippen LogP contribution in [0.2, 0.25) is 0 Å². The van der Waals surface area contributed by atoms with Gasteiger partial charge >= 0.3 is 0 Å². The smallest absolute Gasteiger partial charge is 0.0251 e. The molecule has 1 aliphatic heterocycles. The highest BCUT2D eigenvalue weighted by Crippen LogP contribution is 2.61. The second-order valence-corrected chi connectivity index (χ2v) is 8.03. The first kappa shape index (κ1) is 12.6. The predicted octanol–water partition coefficient (Wildman–Crippen LogP) is 2.89. The highest BCUT2D eigenvalue weighted by atomic mass is 15.2. The molecule has 5 aliphatic rings. The van der Waals surface area contributed by atoms with Gasteiger partial charge in [-0.15, -0.1) is 0 Å². The van der Waals surface area contributed by atoms with Crippen LogP contribution in [0.25, 0.3) is 0 Å². The van der Waals surface area contributed by atoms with Crippen LogP contribution in [0.4, 0.5) is 0 Å². The van der Waals surface area contributed by atoms with Gasteiger partial charge in [0.25, 0.3) is 0 Å². The van der Waals surface area contributed by atoms with E-state index in [1.165, 1.54) is 32.6 Å². The van der Waals surface area contributed by atoms with Gasteiger partial charge in [-0.3, -0.25) is 0 Å². The summed E-state index contributed by atoms with van der Waals surface area (Å²) in [7, 11) is 0. The van der Waals surface area contributed by atoms with Crippen LogP contribution >= 0.6 is 0 Å². The minimum atomic E-state index is 0.687. The van der Waals surface area contributed by atoms with Crippen molar-refractivity contribution in [3.8, 4) is 0 Å². The minimum Gasteiger partial charge on any atom is -0.312 e. The van der Waals surface area contributed by atoms with Gasteiger partial charge in [-0.05, 0) is 87.7 Å². The zero-order chi connectivity index (χ0) is 12.9. The summed E-state index contributed by atoms with van der Waals surface area (Å²) in [4.78, 5) is 2.70. The molecule has 4 aliphatic carbocycles. The first-order chi connectivity index (χ1) is 9.27. The van der Waals surface area contributed by atoms with Crippen molar-refractivity contribution < 1.29 is 0 Å². The summed E-state index contributed by atoms with van der Waals surface area (Å²) in [6, 6.07) is 0.795. The van der Waals surface area contributed by atoms with Crippen LogP contribution in [0.3, 0.4) is 0 Å². The third-order valence-electron chi connectivity index (χ3n) is 6.75. The standard InChI is InChI=1S/C17H30N2/c1-2-19-5-3-4-18-16(12-19)17-9-13-6-14(10-17)8-15(7-13)11-17/h13-16,18H,2-12H2,1H3. The van der Waals surface area contributed by atoms with E-state index in [0.29, 0.717) is 5.41 Å². The van der Waals surface area contributed by atoms with Crippen LogP contribution in [0.5, 0.6) is 0 Å². The van der Waals surface area contributed by atoms with Gasteiger partial charge in [-0.25, -0.2) is 0 Å². The highest BCUT2D eigenvalue weighted by molar-refractivity contribution is 5.07. The Bertz CT molecular complexity index is 303. The molecule has 1 unspecified atom stereocenters. The largest absolute Gasteiger partial charge is 0.312 e. The van der Waals surface area contributed by atoms with Crippen molar-refractivity contribution in [3.05, 3.63) is 0 Å². The van der Waals surface area contributed by atoms with Crippen LogP contribution < -0.4 is 5.32 Å². The first-order valence-electron chi connectivity index (χ1n) is 8.73. The van der Waals surface area contributed by atoms with Crippen molar-refractivity contribution in [2.75, 3.05) is 26.2 Å². The molecule has 1 saturated heterocycles. The fourth-order valence-corrected chi connectivity index (χ4v) is 6.29. The Hall–Kier alpha value is -0.0800. The Labute approximate surface area is 118 Å². The first-order valence-corrected chi connectivity index (χ1v) is 8.73. The molecule has 1 atom stereocenters. The molecular weight excluding hydrogens is 232 g/mol.